The SMILES string of the molecule is CCCC1CCN(C(=O)OC(C)(C)C)CC1.N. The fourth-order valence-electron chi connectivity index (χ4n) is 2.14. The Morgan fingerprint density at radius 1 is 1.29 bits per heavy atom. The molecule has 0 spiro atoms. The van der Waals surface area contributed by atoms with Crippen LogP contribution in [0.2, 0.25) is 0 Å². The summed E-state index contributed by atoms with van der Waals surface area (Å²) in [6.45, 7) is 9.68. The molecule has 3 N–H and O–H groups in total. The van der Waals surface area contributed by atoms with Crippen LogP contribution in [0.1, 0.15) is 53.4 Å². The van der Waals surface area contributed by atoms with E-state index in [9.17, 15) is 4.79 Å². The van der Waals surface area contributed by atoms with Crippen molar-refractivity contribution in [3.63, 3.8) is 0 Å². The molecular formula is C13H28N2O2. The van der Waals surface area contributed by atoms with Crippen molar-refractivity contribution in [2.75, 3.05) is 13.1 Å². The van der Waals surface area contributed by atoms with E-state index in [1.807, 2.05) is 25.7 Å². The monoisotopic (exact) mass is 244 g/mol. The Kier molecular flexibility index (Phi) is 6.53. The average molecular weight is 244 g/mol. The Labute approximate surface area is 105 Å². The summed E-state index contributed by atoms with van der Waals surface area (Å²) in [4.78, 5) is 13.6. The molecule has 1 fully saturated rings. The number of likely N-dealkylation sites (tertiary alicyclic amines) is 1. The summed E-state index contributed by atoms with van der Waals surface area (Å²) in [6, 6.07) is 0. The molecule has 1 heterocycles. The third-order valence-electron chi connectivity index (χ3n) is 2.96. The molecule has 102 valence electrons. The Morgan fingerprint density at radius 2 is 1.82 bits per heavy atom. The molecule has 4 nitrogen and oxygen atoms in total. The van der Waals surface area contributed by atoms with Crippen molar-refractivity contribution in [3.05, 3.63) is 0 Å². The average Bonchev–Trinajstić information content (AvgIpc) is 2.16. The molecular weight excluding hydrogens is 216 g/mol. The van der Waals surface area contributed by atoms with Crippen LogP contribution in [0.4, 0.5) is 4.79 Å². The molecule has 0 unspecified atom stereocenters. The van der Waals surface area contributed by atoms with Crippen LogP contribution in [-0.4, -0.2) is 29.7 Å². The number of amides is 1. The van der Waals surface area contributed by atoms with Gasteiger partial charge in [-0.15, -0.1) is 0 Å². The highest BCUT2D eigenvalue weighted by molar-refractivity contribution is 5.68. The second-order valence-corrected chi connectivity index (χ2v) is 5.70. The Hall–Kier alpha value is -0.770. The standard InChI is InChI=1S/C13H25NO2.H3N/c1-5-6-11-7-9-14(10-8-11)12(15)16-13(2,3)4;/h11H,5-10H2,1-4H3;1H3. The minimum absolute atomic E-state index is 0. The van der Waals surface area contributed by atoms with E-state index in [-0.39, 0.29) is 17.8 Å². The fraction of sp³-hybridized carbons (Fsp3) is 0.923. The van der Waals surface area contributed by atoms with E-state index in [1.165, 1.54) is 12.8 Å². The lowest BCUT2D eigenvalue weighted by Gasteiger charge is -2.33. The maximum absolute atomic E-state index is 11.8. The van der Waals surface area contributed by atoms with Gasteiger partial charge in [-0.05, 0) is 39.5 Å². The molecule has 4 heteroatoms. The van der Waals surface area contributed by atoms with E-state index in [1.54, 1.807) is 0 Å². The lowest BCUT2D eigenvalue weighted by molar-refractivity contribution is 0.0181. The van der Waals surface area contributed by atoms with Crippen LogP contribution in [0.15, 0.2) is 0 Å². The lowest BCUT2D eigenvalue weighted by Crippen LogP contribution is -2.41. The van der Waals surface area contributed by atoms with Crippen molar-refractivity contribution < 1.29 is 9.53 Å². The topological polar surface area (TPSA) is 64.5 Å². The van der Waals surface area contributed by atoms with E-state index in [0.717, 1.165) is 31.8 Å². The highest BCUT2D eigenvalue weighted by Crippen LogP contribution is 2.22. The van der Waals surface area contributed by atoms with Gasteiger partial charge in [0.1, 0.15) is 5.60 Å². The minimum Gasteiger partial charge on any atom is -0.444 e. The third kappa shape index (κ3) is 5.91. The number of piperidine rings is 1. The predicted octanol–water partition coefficient (Wildman–Crippen LogP) is 3.60. The first kappa shape index (κ1) is 16.2. The number of hydrogen-bond donors (Lipinski definition) is 1. The first-order chi connectivity index (χ1) is 7.42. The van der Waals surface area contributed by atoms with Crippen molar-refractivity contribution in [1.29, 1.82) is 0 Å². The van der Waals surface area contributed by atoms with Crippen LogP contribution in [0.5, 0.6) is 0 Å². The van der Waals surface area contributed by atoms with Gasteiger partial charge >= 0.3 is 6.09 Å². The normalized spacial score (nSPS) is 17.5. The van der Waals surface area contributed by atoms with Gasteiger partial charge in [0.25, 0.3) is 0 Å². The Bertz CT molecular complexity index is 228. The zero-order valence-electron chi connectivity index (χ0n) is 11.8. The molecule has 1 saturated heterocycles. The van der Waals surface area contributed by atoms with Crippen molar-refractivity contribution in [2.45, 2.75) is 59.0 Å². The summed E-state index contributed by atoms with van der Waals surface area (Å²) in [5, 5.41) is 0. The molecule has 0 bridgehead atoms. The Morgan fingerprint density at radius 3 is 2.24 bits per heavy atom. The highest BCUT2D eigenvalue weighted by atomic mass is 16.6. The van der Waals surface area contributed by atoms with Crippen LogP contribution in [-0.2, 0) is 4.74 Å². The van der Waals surface area contributed by atoms with Crippen molar-refractivity contribution >= 4 is 6.09 Å². The van der Waals surface area contributed by atoms with Crippen LogP contribution in [0.3, 0.4) is 0 Å². The van der Waals surface area contributed by atoms with Gasteiger partial charge in [0.2, 0.25) is 0 Å². The van der Waals surface area contributed by atoms with E-state index >= 15 is 0 Å². The molecule has 17 heavy (non-hydrogen) atoms. The maximum Gasteiger partial charge on any atom is 0.410 e. The lowest BCUT2D eigenvalue weighted by atomic mass is 9.93. The first-order valence-corrected chi connectivity index (χ1v) is 6.40. The van der Waals surface area contributed by atoms with E-state index in [0.29, 0.717) is 0 Å². The number of carbonyl (C=O) groups excluding carboxylic acids is 1. The molecule has 0 aromatic heterocycles. The quantitative estimate of drug-likeness (QED) is 0.807. The van der Waals surface area contributed by atoms with Gasteiger partial charge < -0.3 is 15.8 Å². The largest absolute Gasteiger partial charge is 0.444 e. The number of hydrogen-bond acceptors (Lipinski definition) is 3. The second-order valence-electron chi connectivity index (χ2n) is 5.70. The van der Waals surface area contributed by atoms with E-state index < -0.39 is 0 Å². The number of rotatable bonds is 2. The Balaban J connectivity index is 0.00000256. The molecule has 0 saturated carbocycles. The molecule has 1 aliphatic rings. The molecule has 0 aliphatic carbocycles. The second kappa shape index (κ2) is 6.84. The minimum atomic E-state index is -0.378. The molecule has 1 aliphatic heterocycles. The predicted molar refractivity (Wildman–Crippen MR) is 70.5 cm³/mol. The van der Waals surface area contributed by atoms with Gasteiger partial charge in [0, 0.05) is 13.1 Å². The number of nitrogens with zero attached hydrogens (tertiary/aromatic N) is 1. The molecule has 0 radical (unpaired) electrons. The van der Waals surface area contributed by atoms with Gasteiger partial charge in [0.15, 0.2) is 0 Å². The summed E-state index contributed by atoms with van der Waals surface area (Å²) >= 11 is 0. The summed E-state index contributed by atoms with van der Waals surface area (Å²) in [5.74, 6) is 0.809. The molecule has 0 aromatic rings. The van der Waals surface area contributed by atoms with Crippen LogP contribution in [0.25, 0.3) is 0 Å². The van der Waals surface area contributed by atoms with Gasteiger partial charge in [0.05, 0.1) is 0 Å². The van der Waals surface area contributed by atoms with Crippen molar-refractivity contribution in [2.24, 2.45) is 5.92 Å². The molecule has 0 atom stereocenters. The molecule has 1 amide bonds. The highest BCUT2D eigenvalue weighted by Gasteiger charge is 2.26. The van der Waals surface area contributed by atoms with Crippen LogP contribution >= 0.6 is 0 Å². The van der Waals surface area contributed by atoms with Crippen molar-refractivity contribution in [1.82, 2.24) is 11.1 Å². The summed E-state index contributed by atoms with van der Waals surface area (Å²) < 4.78 is 5.36. The van der Waals surface area contributed by atoms with Gasteiger partial charge in [-0.25, -0.2) is 4.79 Å². The van der Waals surface area contributed by atoms with Gasteiger partial charge in [-0.2, -0.15) is 0 Å². The van der Waals surface area contributed by atoms with Crippen LogP contribution < -0.4 is 6.15 Å². The van der Waals surface area contributed by atoms with E-state index in [4.69, 9.17) is 4.74 Å². The summed E-state index contributed by atoms with van der Waals surface area (Å²) in [5.41, 5.74) is -0.378. The summed E-state index contributed by atoms with van der Waals surface area (Å²) in [7, 11) is 0. The summed E-state index contributed by atoms with van der Waals surface area (Å²) in [6.07, 6.45) is 4.65. The zero-order valence-corrected chi connectivity index (χ0v) is 11.8. The number of ether oxygens (including phenoxy) is 1. The zero-order chi connectivity index (χ0) is 12.2. The first-order valence-electron chi connectivity index (χ1n) is 6.40. The third-order valence-corrected chi connectivity index (χ3v) is 2.96. The van der Waals surface area contributed by atoms with Crippen molar-refractivity contribution in [3.8, 4) is 0 Å². The van der Waals surface area contributed by atoms with Gasteiger partial charge in [-0.3, -0.25) is 0 Å². The maximum atomic E-state index is 11.8. The van der Waals surface area contributed by atoms with E-state index in [2.05, 4.69) is 6.92 Å². The van der Waals surface area contributed by atoms with Gasteiger partial charge in [-0.1, -0.05) is 19.8 Å². The fourth-order valence-corrected chi connectivity index (χ4v) is 2.14. The smallest absolute Gasteiger partial charge is 0.410 e. The molecule has 1 rings (SSSR count). The number of carbonyl (C=O) groups is 1. The molecule has 0 aromatic carbocycles. The van der Waals surface area contributed by atoms with Crippen LogP contribution in [0, 0.1) is 5.92 Å².